The Bertz CT molecular complexity index is 1340. The molecule has 7 nitrogen and oxygen atoms in total. The second-order valence-electron chi connectivity index (χ2n) is 8.54. The number of ketones is 1. The fourth-order valence-electron chi connectivity index (χ4n) is 4.85. The number of rotatable bonds is 7. The number of carbonyl (C=O) groups is 1. The Morgan fingerprint density at radius 1 is 1.27 bits per heavy atom. The number of Topliss-reactive ketones (excluding diaryl/α,β-unsaturated/α-hetero) is 1. The minimum absolute atomic E-state index is 0.0932. The predicted octanol–water partition coefficient (Wildman–Crippen LogP) is 4.42. The van der Waals surface area contributed by atoms with Gasteiger partial charge in [-0.2, -0.15) is 5.26 Å². The first-order valence-electron chi connectivity index (χ1n) is 11.3. The van der Waals surface area contributed by atoms with Gasteiger partial charge in [0.15, 0.2) is 5.78 Å². The van der Waals surface area contributed by atoms with Crippen LogP contribution in [0.15, 0.2) is 42.7 Å². The van der Waals surface area contributed by atoms with Gasteiger partial charge < -0.3 is 14.5 Å². The molecule has 4 aromatic rings. The Morgan fingerprint density at radius 2 is 2.12 bits per heavy atom. The van der Waals surface area contributed by atoms with Crippen LogP contribution in [0.25, 0.3) is 22.1 Å². The Balaban J connectivity index is 1.45. The second-order valence-corrected chi connectivity index (χ2v) is 8.54. The summed E-state index contributed by atoms with van der Waals surface area (Å²) in [5, 5.41) is 9.91. The molecular formula is C25H25FN6O. The van der Waals surface area contributed by atoms with Crippen molar-refractivity contribution in [2.24, 2.45) is 0 Å². The smallest absolute Gasteiger partial charge is 0.163 e. The van der Waals surface area contributed by atoms with Gasteiger partial charge in [0.25, 0.3) is 0 Å². The van der Waals surface area contributed by atoms with Crippen LogP contribution in [0, 0.1) is 17.1 Å². The van der Waals surface area contributed by atoms with Crippen molar-refractivity contribution in [3.63, 3.8) is 0 Å². The summed E-state index contributed by atoms with van der Waals surface area (Å²) in [4.78, 5) is 27.6. The molecule has 1 saturated heterocycles. The van der Waals surface area contributed by atoms with Crippen molar-refractivity contribution in [3.05, 3.63) is 59.9 Å². The van der Waals surface area contributed by atoms with Crippen molar-refractivity contribution in [1.82, 2.24) is 24.4 Å². The number of nitrogens with zero attached hydrogens (tertiary/aromatic N) is 5. The monoisotopic (exact) mass is 444 g/mol. The first-order chi connectivity index (χ1) is 16.1. The third-order valence-corrected chi connectivity index (χ3v) is 6.49. The molecule has 5 rings (SSSR count). The van der Waals surface area contributed by atoms with Gasteiger partial charge in [-0.05, 0) is 31.0 Å². The highest BCUT2D eigenvalue weighted by molar-refractivity contribution is 6.01. The molecule has 1 N–H and O–H groups in total. The predicted molar refractivity (Wildman–Crippen MR) is 123 cm³/mol. The van der Waals surface area contributed by atoms with E-state index in [2.05, 4.69) is 25.5 Å². The third kappa shape index (κ3) is 4.24. The molecule has 33 heavy (non-hydrogen) atoms. The van der Waals surface area contributed by atoms with Crippen LogP contribution in [-0.2, 0) is 6.42 Å². The van der Waals surface area contributed by atoms with Gasteiger partial charge in [0.1, 0.15) is 22.8 Å². The number of aryl methyl sites for hydroxylation is 1. The summed E-state index contributed by atoms with van der Waals surface area (Å²) in [6, 6.07) is 10.3. The number of nitriles is 1. The molecule has 1 aliphatic heterocycles. The first-order valence-corrected chi connectivity index (χ1v) is 11.3. The van der Waals surface area contributed by atoms with Gasteiger partial charge in [0.2, 0.25) is 0 Å². The number of carbonyl (C=O) groups excluding carboxylic acids is 1. The highest BCUT2D eigenvalue weighted by Gasteiger charge is 2.26. The van der Waals surface area contributed by atoms with Crippen LogP contribution in [0.4, 0.5) is 4.39 Å². The fraction of sp³-hybridized carbons (Fsp3) is 0.360. The SMILES string of the molecule is N#CCCN1CCC(n2c(CCC(=O)c3cccc(F)c3)nc3cnc4[nH]ccc4c32)CC1. The molecule has 0 aliphatic carbocycles. The molecule has 0 atom stereocenters. The zero-order valence-corrected chi connectivity index (χ0v) is 18.3. The Kier molecular flexibility index (Phi) is 5.88. The normalized spacial score (nSPS) is 15.3. The fourth-order valence-corrected chi connectivity index (χ4v) is 4.85. The van der Waals surface area contributed by atoms with Crippen LogP contribution in [0.1, 0.15) is 47.9 Å². The number of benzene rings is 1. The second kappa shape index (κ2) is 9.12. The molecule has 0 saturated carbocycles. The van der Waals surface area contributed by atoms with Crippen molar-refractivity contribution >= 4 is 27.9 Å². The zero-order chi connectivity index (χ0) is 22.8. The number of nitrogens with one attached hydrogen (secondary N) is 1. The maximum absolute atomic E-state index is 13.6. The molecule has 0 amide bonds. The lowest BCUT2D eigenvalue weighted by molar-refractivity contribution is 0.0981. The number of piperidine rings is 1. The van der Waals surface area contributed by atoms with E-state index in [1.807, 2.05) is 12.3 Å². The molecule has 3 aromatic heterocycles. The molecule has 1 fully saturated rings. The summed E-state index contributed by atoms with van der Waals surface area (Å²) in [6.45, 7) is 2.65. The Morgan fingerprint density at radius 3 is 2.91 bits per heavy atom. The van der Waals surface area contributed by atoms with Gasteiger partial charge in [-0.1, -0.05) is 12.1 Å². The van der Waals surface area contributed by atoms with E-state index in [4.69, 9.17) is 10.2 Å². The van der Waals surface area contributed by atoms with Gasteiger partial charge in [0.05, 0.1) is 17.8 Å². The average molecular weight is 445 g/mol. The number of imidazole rings is 1. The summed E-state index contributed by atoms with van der Waals surface area (Å²) >= 11 is 0. The molecule has 4 heterocycles. The lowest BCUT2D eigenvalue weighted by Crippen LogP contribution is -2.35. The topological polar surface area (TPSA) is 90.6 Å². The van der Waals surface area contributed by atoms with Crippen molar-refractivity contribution in [2.75, 3.05) is 19.6 Å². The van der Waals surface area contributed by atoms with Crippen molar-refractivity contribution in [2.45, 2.75) is 38.1 Å². The number of hydrogen-bond acceptors (Lipinski definition) is 5. The molecular weight excluding hydrogens is 419 g/mol. The molecule has 1 aliphatic rings. The quantitative estimate of drug-likeness (QED) is 0.426. The summed E-state index contributed by atoms with van der Waals surface area (Å²) in [5.41, 5.74) is 3.07. The van der Waals surface area contributed by atoms with E-state index in [9.17, 15) is 9.18 Å². The first kappa shape index (κ1) is 21.3. The van der Waals surface area contributed by atoms with Crippen LogP contribution in [0.5, 0.6) is 0 Å². The number of halogens is 1. The number of likely N-dealkylation sites (tertiary alicyclic amines) is 1. The Hall–Kier alpha value is -3.57. The zero-order valence-electron chi connectivity index (χ0n) is 18.3. The lowest BCUT2D eigenvalue weighted by atomic mass is 10.0. The van der Waals surface area contributed by atoms with E-state index in [1.165, 1.54) is 12.1 Å². The lowest BCUT2D eigenvalue weighted by Gasteiger charge is -2.33. The number of aromatic amines is 1. The van der Waals surface area contributed by atoms with E-state index in [1.54, 1.807) is 18.3 Å². The van der Waals surface area contributed by atoms with Gasteiger partial charge in [0, 0.05) is 62.1 Å². The maximum Gasteiger partial charge on any atom is 0.163 e. The number of pyridine rings is 1. The number of H-pyrrole nitrogens is 1. The molecule has 0 unspecified atom stereocenters. The highest BCUT2D eigenvalue weighted by atomic mass is 19.1. The van der Waals surface area contributed by atoms with Gasteiger partial charge in [-0.3, -0.25) is 4.79 Å². The van der Waals surface area contributed by atoms with Gasteiger partial charge in [-0.15, -0.1) is 0 Å². The van der Waals surface area contributed by atoms with Crippen LogP contribution in [-0.4, -0.2) is 49.8 Å². The molecule has 168 valence electrons. The molecule has 0 spiro atoms. The van der Waals surface area contributed by atoms with E-state index >= 15 is 0 Å². The van der Waals surface area contributed by atoms with Crippen LogP contribution in [0.3, 0.4) is 0 Å². The van der Waals surface area contributed by atoms with Crippen molar-refractivity contribution < 1.29 is 9.18 Å². The standard InChI is InChI=1S/C25H25FN6O/c26-18-4-1-3-17(15-18)22(33)5-6-23-30-21-16-29-25-20(7-11-28-25)24(21)32(23)19-8-13-31(14-9-19)12-2-10-27/h1,3-4,7,11,15-16,19H,2,5-6,8-9,12-14H2,(H,28,29). The molecule has 0 radical (unpaired) electrons. The largest absolute Gasteiger partial charge is 0.346 e. The summed E-state index contributed by atoms with van der Waals surface area (Å²) in [6.07, 6.45) is 6.85. The van der Waals surface area contributed by atoms with Crippen LogP contribution in [0.2, 0.25) is 0 Å². The van der Waals surface area contributed by atoms with Gasteiger partial charge in [-0.25, -0.2) is 14.4 Å². The highest BCUT2D eigenvalue weighted by Crippen LogP contribution is 2.32. The molecule has 0 bridgehead atoms. The Labute approximate surface area is 190 Å². The summed E-state index contributed by atoms with van der Waals surface area (Å²) in [7, 11) is 0. The average Bonchev–Trinajstić information content (AvgIpc) is 3.45. The van der Waals surface area contributed by atoms with E-state index < -0.39 is 5.82 Å². The van der Waals surface area contributed by atoms with Gasteiger partial charge >= 0.3 is 0 Å². The van der Waals surface area contributed by atoms with E-state index in [0.717, 1.165) is 60.4 Å². The van der Waals surface area contributed by atoms with Crippen LogP contribution >= 0.6 is 0 Å². The third-order valence-electron chi connectivity index (χ3n) is 6.49. The van der Waals surface area contributed by atoms with Crippen molar-refractivity contribution in [3.8, 4) is 6.07 Å². The minimum Gasteiger partial charge on any atom is -0.346 e. The summed E-state index contributed by atoms with van der Waals surface area (Å²) in [5.74, 6) is 0.363. The van der Waals surface area contributed by atoms with Crippen molar-refractivity contribution in [1.29, 1.82) is 5.26 Å². The van der Waals surface area contributed by atoms with Crippen LogP contribution < -0.4 is 0 Å². The summed E-state index contributed by atoms with van der Waals surface area (Å²) < 4.78 is 15.9. The number of fused-ring (bicyclic) bond motifs is 3. The maximum atomic E-state index is 13.6. The number of hydrogen-bond donors (Lipinski definition) is 1. The van der Waals surface area contributed by atoms with E-state index in [-0.39, 0.29) is 18.2 Å². The molecule has 8 heteroatoms. The molecule has 1 aromatic carbocycles. The van der Waals surface area contributed by atoms with E-state index in [0.29, 0.717) is 18.4 Å². The minimum atomic E-state index is -0.405. The number of aromatic nitrogens is 4.